The summed E-state index contributed by atoms with van der Waals surface area (Å²) >= 11 is 0. The lowest BCUT2D eigenvalue weighted by Gasteiger charge is -2.26. The van der Waals surface area contributed by atoms with Gasteiger partial charge in [0.05, 0.1) is 12.4 Å². The molecule has 2 aliphatic rings. The van der Waals surface area contributed by atoms with Gasteiger partial charge in [-0.1, -0.05) is 54.6 Å². The van der Waals surface area contributed by atoms with Crippen LogP contribution < -0.4 is 5.32 Å². The number of ketones is 1. The van der Waals surface area contributed by atoms with Gasteiger partial charge in [0.1, 0.15) is 30.7 Å². The number of carbonyl (C=O) groups excluding carboxylic acids is 1. The summed E-state index contributed by atoms with van der Waals surface area (Å²) in [5, 5.41) is 35.6. The second kappa shape index (κ2) is 9.64. The first-order valence-electron chi connectivity index (χ1n) is 12.3. The quantitative estimate of drug-likeness (QED) is 0.292. The van der Waals surface area contributed by atoms with Gasteiger partial charge in [-0.3, -0.25) is 9.36 Å². The van der Waals surface area contributed by atoms with Crippen molar-refractivity contribution in [3.63, 3.8) is 0 Å². The lowest BCUT2D eigenvalue weighted by molar-refractivity contribution is -0.0725. The van der Waals surface area contributed by atoms with Crippen molar-refractivity contribution >= 4 is 22.8 Å². The van der Waals surface area contributed by atoms with Gasteiger partial charge < -0.3 is 25.4 Å². The number of ether oxygens (including phenoxy) is 1. The fraction of sp³-hybridized carbons (Fsp3) is 0.333. The first kappa shape index (κ1) is 23.7. The monoisotopic (exact) mass is 501 g/mol. The number of rotatable bonds is 6. The Bertz CT molecular complexity index is 1430. The molecule has 6 rings (SSSR count). The summed E-state index contributed by atoms with van der Waals surface area (Å²) in [5.74, 6) is -0.0520. The van der Waals surface area contributed by atoms with Gasteiger partial charge in [0.25, 0.3) is 0 Å². The Labute approximate surface area is 212 Å². The third-order valence-electron chi connectivity index (χ3n) is 7.23. The average Bonchev–Trinajstić information content (AvgIpc) is 3.50. The Kier molecular flexibility index (Phi) is 6.17. The number of aliphatic hydroxyl groups excluding tert-OH is 3. The van der Waals surface area contributed by atoms with E-state index in [1.807, 2.05) is 12.1 Å². The zero-order valence-corrected chi connectivity index (χ0v) is 19.9. The van der Waals surface area contributed by atoms with Crippen LogP contribution in [0.1, 0.15) is 46.6 Å². The van der Waals surface area contributed by atoms with E-state index >= 15 is 0 Å². The van der Waals surface area contributed by atoms with Crippen LogP contribution in [0, 0.1) is 0 Å². The van der Waals surface area contributed by atoms with E-state index in [0.29, 0.717) is 17.0 Å². The second-order valence-electron chi connectivity index (χ2n) is 9.48. The molecule has 0 radical (unpaired) electrons. The van der Waals surface area contributed by atoms with Crippen LogP contribution in [0.5, 0.6) is 0 Å². The van der Waals surface area contributed by atoms with Gasteiger partial charge in [-0.15, -0.1) is 0 Å². The van der Waals surface area contributed by atoms with Gasteiger partial charge in [0, 0.05) is 5.56 Å². The van der Waals surface area contributed by atoms with Crippen molar-refractivity contribution in [1.82, 2.24) is 19.5 Å². The molecule has 190 valence electrons. The number of hydrogen-bond donors (Lipinski definition) is 4. The number of aryl methyl sites for hydroxylation is 1. The molecule has 1 fully saturated rings. The number of benzene rings is 2. The molecule has 10 nitrogen and oxygen atoms in total. The molecular weight excluding hydrogens is 474 g/mol. The number of carbonyl (C=O) groups is 1. The van der Waals surface area contributed by atoms with Crippen LogP contribution >= 0.6 is 0 Å². The highest BCUT2D eigenvalue weighted by molar-refractivity contribution is 5.99. The predicted octanol–water partition coefficient (Wildman–Crippen LogP) is 2.18. The number of aliphatic hydroxyl groups is 3. The molecule has 37 heavy (non-hydrogen) atoms. The molecule has 4 aromatic rings. The zero-order valence-electron chi connectivity index (χ0n) is 19.9. The highest BCUT2D eigenvalue weighted by atomic mass is 16.6. The van der Waals surface area contributed by atoms with E-state index in [-0.39, 0.29) is 11.6 Å². The molecule has 0 amide bonds. The third-order valence-corrected chi connectivity index (χ3v) is 7.23. The molecule has 2 unspecified atom stereocenters. The number of nitrogens with zero attached hydrogens (tertiary/aromatic N) is 4. The van der Waals surface area contributed by atoms with Crippen LogP contribution in [0.4, 0.5) is 5.82 Å². The highest BCUT2D eigenvalue weighted by Gasteiger charge is 2.49. The lowest BCUT2D eigenvalue weighted by Crippen LogP contribution is -2.42. The fourth-order valence-corrected chi connectivity index (χ4v) is 5.31. The summed E-state index contributed by atoms with van der Waals surface area (Å²) in [4.78, 5) is 26.0. The summed E-state index contributed by atoms with van der Waals surface area (Å²) in [6.45, 7) is 0. The standard InChI is InChI=1S/C27H27N5O5/c33-20(16-8-2-1-3-9-16)21(34)24-22(35)23(36)27(37-24)32-14-30-19-25(28-13-29-26(19)32)31-18-12-6-10-15-7-4-5-11-17(15)18/h1-5,7-9,11,13-14,18,21-24,27,34-36H,6,10,12H2,(H,28,29,31)/t18?,21?,22-,23+,24+,27+/m0/s1. The van der Waals surface area contributed by atoms with Crippen LogP contribution in [0.15, 0.2) is 67.3 Å². The van der Waals surface area contributed by atoms with Gasteiger partial charge in [-0.05, 0) is 30.4 Å². The van der Waals surface area contributed by atoms with Crippen molar-refractivity contribution in [2.24, 2.45) is 0 Å². The fourth-order valence-electron chi connectivity index (χ4n) is 5.31. The molecule has 1 aliphatic carbocycles. The maximum atomic E-state index is 12.7. The maximum Gasteiger partial charge on any atom is 0.194 e. The minimum Gasteiger partial charge on any atom is -0.387 e. The van der Waals surface area contributed by atoms with Gasteiger partial charge in [-0.25, -0.2) is 15.0 Å². The molecular formula is C27H27N5O5. The largest absolute Gasteiger partial charge is 0.387 e. The van der Waals surface area contributed by atoms with Crippen LogP contribution in [-0.2, 0) is 11.2 Å². The Balaban J connectivity index is 1.26. The summed E-state index contributed by atoms with van der Waals surface area (Å²) in [6, 6.07) is 16.7. The molecule has 1 aliphatic heterocycles. The Hall–Kier alpha value is -3.70. The second-order valence-corrected chi connectivity index (χ2v) is 9.48. The molecule has 3 heterocycles. The molecule has 0 spiro atoms. The molecule has 2 aromatic carbocycles. The van der Waals surface area contributed by atoms with Crippen molar-refractivity contribution in [2.45, 2.75) is 55.9 Å². The zero-order chi connectivity index (χ0) is 25.5. The van der Waals surface area contributed by atoms with E-state index in [0.717, 1.165) is 19.3 Å². The number of Topliss-reactive ketones (excluding diaryl/α,β-unsaturated/α-hetero) is 1. The molecule has 4 N–H and O–H groups in total. The van der Waals surface area contributed by atoms with Crippen LogP contribution in [0.25, 0.3) is 11.2 Å². The van der Waals surface area contributed by atoms with E-state index < -0.39 is 36.4 Å². The molecule has 2 aromatic heterocycles. The molecule has 10 heteroatoms. The highest BCUT2D eigenvalue weighted by Crippen LogP contribution is 2.36. The number of imidazole rings is 1. The summed E-state index contributed by atoms with van der Waals surface area (Å²) in [7, 11) is 0. The Morgan fingerprint density at radius 2 is 1.81 bits per heavy atom. The number of hydrogen-bond acceptors (Lipinski definition) is 9. The van der Waals surface area contributed by atoms with Gasteiger partial charge in [0.15, 0.2) is 29.0 Å². The average molecular weight is 502 g/mol. The topological polar surface area (TPSA) is 143 Å². The minimum atomic E-state index is -1.66. The van der Waals surface area contributed by atoms with Crippen LogP contribution in [-0.4, -0.2) is 65.0 Å². The van der Waals surface area contributed by atoms with Gasteiger partial charge >= 0.3 is 0 Å². The third kappa shape index (κ3) is 4.17. The SMILES string of the molecule is O=C(c1ccccc1)C(O)[C@H]1O[C@@H](n2cnc3c(NC4CCCc5ccccc54)ncnc32)[C@H](O)[C@@H]1O. The molecule has 0 bridgehead atoms. The van der Waals surface area contributed by atoms with Crippen molar-refractivity contribution in [3.8, 4) is 0 Å². The van der Waals surface area contributed by atoms with E-state index in [9.17, 15) is 20.1 Å². The number of fused-ring (bicyclic) bond motifs is 2. The Morgan fingerprint density at radius 3 is 2.65 bits per heavy atom. The lowest BCUT2D eigenvalue weighted by atomic mass is 9.88. The van der Waals surface area contributed by atoms with E-state index in [1.165, 1.54) is 28.3 Å². The number of anilines is 1. The first-order valence-corrected chi connectivity index (χ1v) is 12.3. The van der Waals surface area contributed by atoms with Crippen LogP contribution in [0.3, 0.4) is 0 Å². The normalized spacial score (nSPS) is 26.1. The summed E-state index contributed by atoms with van der Waals surface area (Å²) < 4.78 is 7.34. The first-order chi connectivity index (χ1) is 18.0. The minimum absolute atomic E-state index is 0.0758. The molecule has 6 atom stereocenters. The van der Waals surface area contributed by atoms with E-state index in [4.69, 9.17) is 4.74 Å². The maximum absolute atomic E-state index is 12.7. The number of aromatic nitrogens is 4. The Morgan fingerprint density at radius 1 is 1.03 bits per heavy atom. The van der Waals surface area contributed by atoms with Crippen molar-refractivity contribution in [3.05, 3.63) is 83.9 Å². The summed E-state index contributed by atoms with van der Waals surface area (Å²) in [6.07, 6.45) is -1.11. The van der Waals surface area contributed by atoms with Crippen molar-refractivity contribution in [1.29, 1.82) is 0 Å². The van der Waals surface area contributed by atoms with Gasteiger partial charge in [0.2, 0.25) is 0 Å². The predicted molar refractivity (Wildman–Crippen MR) is 134 cm³/mol. The molecule has 1 saturated heterocycles. The van der Waals surface area contributed by atoms with Crippen LogP contribution in [0.2, 0.25) is 0 Å². The van der Waals surface area contributed by atoms with Crippen molar-refractivity contribution in [2.75, 3.05) is 5.32 Å². The number of nitrogens with one attached hydrogen (secondary N) is 1. The smallest absolute Gasteiger partial charge is 0.194 e. The summed E-state index contributed by atoms with van der Waals surface area (Å²) in [5.41, 5.74) is 3.71. The van der Waals surface area contributed by atoms with Gasteiger partial charge in [-0.2, -0.15) is 0 Å². The van der Waals surface area contributed by atoms with Crippen molar-refractivity contribution < 1.29 is 24.9 Å². The van der Waals surface area contributed by atoms with E-state index in [2.05, 4.69) is 32.4 Å². The molecule has 0 saturated carbocycles. The van der Waals surface area contributed by atoms with E-state index in [1.54, 1.807) is 30.3 Å².